The Morgan fingerprint density at radius 3 is 2.60 bits per heavy atom. The smallest absolute Gasteiger partial charge is 0.299 e. The molecule has 0 aliphatic heterocycles. The van der Waals surface area contributed by atoms with Crippen LogP contribution in [0.1, 0.15) is 5.01 Å². The van der Waals surface area contributed by atoms with Gasteiger partial charge in [-0.3, -0.25) is 0 Å². The summed E-state index contributed by atoms with van der Waals surface area (Å²) < 4.78 is 17.9. The van der Waals surface area contributed by atoms with Crippen LogP contribution in [0.4, 0.5) is 4.39 Å². The highest BCUT2D eigenvalue weighted by atomic mass is 32.1. The van der Waals surface area contributed by atoms with E-state index in [4.69, 9.17) is 10.5 Å². The Hall–Kier alpha value is -1.53. The Kier molecular flexibility index (Phi) is 2.89. The lowest BCUT2D eigenvalue weighted by Crippen LogP contribution is -1.94. The van der Waals surface area contributed by atoms with Gasteiger partial charge in [-0.2, -0.15) is 0 Å². The molecule has 1 heterocycles. The van der Waals surface area contributed by atoms with Crippen LogP contribution in [0, 0.1) is 5.82 Å². The molecule has 0 saturated heterocycles. The third-order valence-electron chi connectivity index (χ3n) is 1.64. The first kappa shape index (κ1) is 10.0. The molecule has 15 heavy (non-hydrogen) atoms. The molecule has 0 aliphatic carbocycles. The maximum atomic E-state index is 12.6. The summed E-state index contributed by atoms with van der Waals surface area (Å²) >= 11 is 1.27. The molecule has 0 amide bonds. The van der Waals surface area contributed by atoms with Crippen LogP contribution in [0.2, 0.25) is 0 Å². The van der Waals surface area contributed by atoms with Gasteiger partial charge in [0.2, 0.25) is 0 Å². The van der Waals surface area contributed by atoms with Gasteiger partial charge in [-0.05, 0) is 24.3 Å². The van der Waals surface area contributed by atoms with E-state index in [-0.39, 0.29) is 5.82 Å². The number of hydrogen-bond acceptors (Lipinski definition) is 5. The summed E-state index contributed by atoms with van der Waals surface area (Å²) in [7, 11) is 0. The van der Waals surface area contributed by atoms with Gasteiger partial charge in [-0.1, -0.05) is 16.4 Å². The van der Waals surface area contributed by atoms with E-state index in [0.717, 1.165) is 0 Å². The molecular weight excluding hydrogens is 217 g/mol. The monoisotopic (exact) mass is 225 g/mol. The molecule has 6 heteroatoms. The lowest BCUT2D eigenvalue weighted by Gasteiger charge is -1.99. The third kappa shape index (κ3) is 2.48. The van der Waals surface area contributed by atoms with Crippen LogP contribution in [0.3, 0.4) is 0 Å². The standard InChI is InChI=1S/C9H8FN3OS/c10-6-1-3-7(4-2-6)14-9-13-12-8(5-11)15-9/h1-4H,5,11H2. The fourth-order valence-electron chi connectivity index (χ4n) is 0.965. The van der Waals surface area contributed by atoms with Crippen molar-refractivity contribution in [3.8, 4) is 10.9 Å². The molecule has 1 aromatic carbocycles. The zero-order chi connectivity index (χ0) is 10.7. The minimum absolute atomic E-state index is 0.303. The highest BCUT2D eigenvalue weighted by molar-refractivity contribution is 7.13. The molecule has 1 aromatic heterocycles. The van der Waals surface area contributed by atoms with E-state index in [0.29, 0.717) is 22.5 Å². The van der Waals surface area contributed by atoms with Crippen molar-refractivity contribution in [1.82, 2.24) is 10.2 Å². The predicted molar refractivity (Wildman–Crippen MR) is 54.3 cm³/mol. The topological polar surface area (TPSA) is 61.0 Å². The Balaban J connectivity index is 2.11. The normalized spacial score (nSPS) is 10.3. The van der Waals surface area contributed by atoms with E-state index >= 15 is 0 Å². The van der Waals surface area contributed by atoms with Crippen LogP contribution in [-0.4, -0.2) is 10.2 Å². The second-order valence-corrected chi connectivity index (χ2v) is 3.75. The van der Waals surface area contributed by atoms with Gasteiger partial charge in [0, 0.05) is 6.54 Å². The van der Waals surface area contributed by atoms with Gasteiger partial charge in [0.15, 0.2) is 0 Å². The van der Waals surface area contributed by atoms with Crippen molar-refractivity contribution in [3.63, 3.8) is 0 Å². The number of aromatic nitrogens is 2. The Morgan fingerprint density at radius 2 is 2.00 bits per heavy atom. The van der Waals surface area contributed by atoms with Gasteiger partial charge in [-0.25, -0.2) is 4.39 Å². The second-order valence-electron chi connectivity index (χ2n) is 2.72. The van der Waals surface area contributed by atoms with E-state index in [1.807, 2.05) is 0 Å². The summed E-state index contributed by atoms with van der Waals surface area (Å²) in [4.78, 5) is 0. The molecular formula is C9H8FN3OS. The summed E-state index contributed by atoms with van der Waals surface area (Å²) in [5.74, 6) is 0.221. The fraction of sp³-hybridized carbons (Fsp3) is 0.111. The molecule has 2 aromatic rings. The first-order chi connectivity index (χ1) is 7.28. The van der Waals surface area contributed by atoms with Crippen LogP contribution in [-0.2, 0) is 6.54 Å². The van der Waals surface area contributed by atoms with Crippen molar-refractivity contribution in [1.29, 1.82) is 0 Å². The summed E-state index contributed by atoms with van der Waals surface area (Å²) in [5, 5.41) is 8.68. The van der Waals surface area contributed by atoms with Crippen molar-refractivity contribution >= 4 is 11.3 Å². The number of benzene rings is 1. The van der Waals surface area contributed by atoms with Crippen molar-refractivity contribution < 1.29 is 9.13 Å². The minimum atomic E-state index is -0.303. The molecule has 2 N–H and O–H groups in total. The summed E-state index contributed by atoms with van der Waals surface area (Å²) in [6.07, 6.45) is 0. The lowest BCUT2D eigenvalue weighted by molar-refractivity contribution is 0.471. The summed E-state index contributed by atoms with van der Waals surface area (Å²) in [6.45, 7) is 0.338. The Labute approximate surface area is 89.5 Å². The third-order valence-corrected chi connectivity index (χ3v) is 2.47. The number of nitrogens with zero attached hydrogens (tertiary/aromatic N) is 2. The molecule has 2 rings (SSSR count). The molecule has 4 nitrogen and oxygen atoms in total. The highest BCUT2D eigenvalue weighted by Crippen LogP contribution is 2.24. The van der Waals surface area contributed by atoms with Crippen molar-refractivity contribution in [2.45, 2.75) is 6.54 Å². The predicted octanol–water partition coefficient (Wildman–Crippen LogP) is 1.93. The van der Waals surface area contributed by atoms with Gasteiger partial charge in [-0.15, -0.1) is 5.10 Å². The van der Waals surface area contributed by atoms with Gasteiger partial charge in [0.1, 0.15) is 16.6 Å². The largest absolute Gasteiger partial charge is 0.430 e. The first-order valence-corrected chi connectivity index (χ1v) is 5.05. The van der Waals surface area contributed by atoms with Crippen LogP contribution in [0.15, 0.2) is 24.3 Å². The Morgan fingerprint density at radius 1 is 1.27 bits per heavy atom. The summed E-state index contributed by atoms with van der Waals surface area (Å²) in [5.41, 5.74) is 5.38. The fourth-order valence-corrected chi connectivity index (χ4v) is 1.55. The van der Waals surface area contributed by atoms with Gasteiger partial charge in [0.05, 0.1) is 0 Å². The zero-order valence-electron chi connectivity index (χ0n) is 7.68. The number of halogens is 1. The van der Waals surface area contributed by atoms with E-state index in [2.05, 4.69) is 10.2 Å². The zero-order valence-corrected chi connectivity index (χ0v) is 8.50. The first-order valence-electron chi connectivity index (χ1n) is 4.24. The number of ether oxygens (including phenoxy) is 1. The average molecular weight is 225 g/mol. The lowest BCUT2D eigenvalue weighted by atomic mass is 10.3. The molecule has 0 radical (unpaired) electrons. The minimum Gasteiger partial charge on any atom is -0.430 e. The molecule has 0 saturated carbocycles. The van der Waals surface area contributed by atoms with E-state index in [1.54, 1.807) is 0 Å². The van der Waals surface area contributed by atoms with E-state index in [1.165, 1.54) is 35.6 Å². The van der Waals surface area contributed by atoms with Crippen molar-refractivity contribution in [2.24, 2.45) is 5.73 Å². The van der Waals surface area contributed by atoms with Crippen LogP contribution >= 0.6 is 11.3 Å². The van der Waals surface area contributed by atoms with Gasteiger partial charge < -0.3 is 10.5 Å². The van der Waals surface area contributed by atoms with Crippen molar-refractivity contribution in [3.05, 3.63) is 35.1 Å². The molecule has 78 valence electrons. The number of hydrogen-bond donors (Lipinski definition) is 1. The van der Waals surface area contributed by atoms with Crippen LogP contribution < -0.4 is 10.5 Å². The molecule has 0 bridgehead atoms. The van der Waals surface area contributed by atoms with Crippen LogP contribution in [0.25, 0.3) is 0 Å². The Bertz CT molecular complexity index is 443. The summed E-state index contributed by atoms with van der Waals surface area (Å²) in [6, 6.07) is 5.69. The highest BCUT2D eigenvalue weighted by Gasteiger charge is 2.04. The second kappa shape index (κ2) is 4.33. The van der Waals surface area contributed by atoms with E-state index in [9.17, 15) is 4.39 Å². The van der Waals surface area contributed by atoms with Gasteiger partial charge >= 0.3 is 0 Å². The number of nitrogens with two attached hydrogens (primary N) is 1. The number of rotatable bonds is 3. The quantitative estimate of drug-likeness (QED) is 0.867. The van der Waals surface area contributed by atoms with Crippen molar-refractivity contribution in [2.75, 3.05) is 0 Å². The maximum Gasteiger partial charge on any atom is 0.299 e. The molecule has 0 spiro atoms. The average Bonchev–Trinajstić information content (AvgIpc) is 2.69. The molecule has 0 fully saturated rings. The van der Waals surface area contributed by atoms with Crippen LogP contribution in [0.5, 0.6) is 10.9 Å². The van der Waals surface area contributed by atoms with E-state index < -0.39 is 0 Å². The van der Waals surface area contributed by atoms with Gasteiger partial charge in [0.25, 0.3) is 5.19 Å². The maximum absolute atomic E-state index is 12.6. The molecule has 0 unspecified atom stereocenters. The molecule has 0 aliphatic rings. The SMILES string of the molecule is NCc1nnc(Oc2ccc(F)cc2)s1. The molecule has 0 atom stereocenters.